The Morgan fingerprint density at radius 1 is 1.25 bits per heavy atom. The Hall–Kier alpha value is -0.610. The van der Waals surface area contributed by atoms with Crippen LogP contribution >= 0.6 is 0 Å². The lowest BCUT2D eigenvalue weighted by Crippen LogP contribution is -2.70. The molecule has 3 aliphatic rings. The second-order valence-electron chi connectivity index (χ2n) is 5.48. The molecule has 1 aliphatic carbocycles. The number of piperazine rings is 2. The zero-order valence-corrected chi connectivity index (χ0v) is 9.98. The van der Waals surface area contributed by atoms with Crippen molar-refractivity contribution in [2.45, 2.75) is 43.8 Å². The molecule has 4 heteroatoms. The van der Waals surface area contributed by atoms with Crippen LogP contribution in [0, 0.1) is 0 Å². The lowest BCUT2D eigenvalue weighted by Gasteiger charge is -2.51. The molecular formula is C12H21N3O. The van der Waals surface area contributed by atoms with Gasteiger partial charge in [0.25, 0.3) is 0 Å². The molecule has 3 atom stereocenters. The highest BCUT2D eigenvalue weighted by molar-refractivity contribution is 5.83. The minimum atomic E-state index is 0.109. The third kappa shape index (κ3) is 1.64. The molecule has 3 rings (SSSR count). The van der Waals surface area contributed by atoms with E-state index >= 15 is 0 Å². The summed E-state index contributed by atoms with van der Waals surface area (Å²) in [4.78, 5) is 16.8. The first-order valence-corrected chi connectivity index (χ1v) is 6.50. The Morgan fingerprint density at radius 3 is 2.94 bits per heavy atom. The molecular weight excluding hydrogens is 202 g/mol. The Balaban J connectivity index is 1.80. The quantitative estimate of drug-likeness (QED) is 0.630. The highest BCUT2D eigenvalue weighted by Crippen LogP contribution is 2.29. The standard InChI is InChI=1S/C12H21N3O/c1-14-6-7-15-10-5-3-2-4-9(10)13-12(16)11(15)8-14/h9-11H,2-8H2,1H3,(H,13,16). The summed E-state index contributed by atoms with van der Waals surface area (Å²) in [6, 6.07) is 1.16. The van der Waals surface area contributed by atoms with E-state index < -0.39 is 0 Å². The van der Waals surface area contributed by atoms with Crippen molar-refractivity contribution >= 4 is 5.91 Å². The van der Waals surface area contributed by atoms with Gasteiger partial charge in [0.15, 0.2) is 0 Å². The fourth-order valence-corrected chi connectivity index (χ4v) is 3.52. The van der Waals surface area contributed by atoms with E-state index in [0.717, 1.165) is 19.6 Å². The number of hydrogen-bond acceptors (Lipinski definition) is 3. The van der Waals surface area contributed by atoms with E-state index in [-0.39, 0.29) is 11.9 Å². The van der Waals surface area contributed by atoms with Gasteiger partial charge >= 0.3 is 0 Å². The van der Waals surface area contributed by atoms with Crippen molar-refractivity contribution in [1.82, 2.24) is 15.1 Å². The lowest BCUT2D eigenvalue weighted by molar-refractivity contribution is -0.138. The smallest absolute Gasteiger partial charge is 0.238 e. The number of nitrogens with zero attached hydrogens (tertiary/aromatic N) is 2. The van der Waals surface area contributed by atoms with Crippen LogP contribution in [0.5, 0.6) is 0 Å². The van der Waals surface area contributed by atoms with Crippen LogP contribution < -0.4 is 5.32 Å². The first-order valence-electron chi connectivity index (χ1n) is 6.50. The fraction of sp³-hybridized carbons (Fsp3) is 0.917. The van der Waals surface area contributed by atoms with E-state index in [1.165, 1.54) is 25.7 Å². The van der Waals surface area contributed by atoms with Crippen LogP contribution in [0.4, 0.5) is 0 Å². The van der Waals surface area contributed by atoms with Crippen molar-refractivity contribution in [3.63, 3.8) is 0 Å². The monoisotopic (exact) mass is 223 g/mol. The van der Waals surface area contributed by atoms with Crippen LogP contribution in [0.15, 0.2) is 0 Å². The van der Waals surface area contributed by atoms with E-state index in [4.69, 9.17) is 0 Å². The van der Waals surface area contributed by atoms with E-state index in [1.807, 2.05) is 0 Å². The minimum Gasteiger partial charge on any atom is -0.350 e. The molecule has 4 nitrogen and oxygen atoms in total. The summed E-state index contributed by atoms with van der Waals surface area (Å²) in [7, 11) is 2.11. The normalized spacial score (nSPS) is 41.1. The summed E-state index contributed by atoms with van der Waals surface area (Å²) in [6.45, 7) is 3.07. The zero-order chi connectivity index (χ0) is 11.1. The molecule has 1 N–H and O–H groups in total. The van der Waals surface area contributed by atoms with Crippen molar-refractivity contribution in [3.05, 3.63) is 0 Å². The molecule has 90 valence electrons. The third-order valence-electron chi connectivity index (χ3n) is 4.41. The van der Waals surface area contributed by atoms with Crippen molar-refractivity contribution in [3.8, 4) is 0 Å². The van der Waals surface area contributed by atoms with Gasteiger partial charge in [-0.05, 0) is 19.9 Å². The summed E-state index contributed by atoms with van der Waals surface area (Å²) < 4.78 is 0. The number of amides is 1. The predicted octanol–water partition coefficient (Wildman–Crippen LogP) is 0.0434. The number of fused-ring (bicyclic) bond motifs is 3. The average molecular weight is 223 g/mol. The van der Waals surface area contributed by atoms with E-state index in [2.05, 4.69) is 22.2 Å². The molecule has 1 amide bonds. The first-order chi connectivity index (χ1) is 7.75. The lowest BCUT2D eigenvalue weighted by atomic mass is 9.85. The molecule has 0 aromatic heterocycles. The summed E-state index contributed by atoms with van der Waals surface area (Å²) in [5.41, 5.74) is 0. The average Bonchev–Trinajstić information content (AvgIpc) is 2.29. The number of carbonyl (C=O) groups excluding carboxylic acids is 1. The topological polar surface area (TPSA) is 35.6 Å². The van der Waals surface area contributed by atoms with Crippen LogP contribution in [0.3, 0.4) is 0 Å². The number of likely N-dealkylation sites (N-methyl/N-ethyl adjacent to an activating group) is 1. The molecule has 0 radical (unpaired) electrons. The molecule has 0 aromatic carbocycles. The summed E-state index contributed by atoms with van der Waals surface area (Å²) in [5.74, 6) is 0.259. The van der Waals surface area contributed by atoms with E-state index in [9.17, 15) is 4.79 Å². The maximum Gasteiger partial charge on any atom is 0.238 e. The Bertz CT molecular complexity index is 294. The third-order valence-corrected chi connectivity index (χ3v) is 4.41. The zero-order valence-electron chi connectivity index (χ0n) is 9.98. The SMILES string of the molecule is CN1CCN2C(C1)C(=O)NC1CCCCC12. The maximum absolute atomic E-state index is 12.0. The highest BCUT2D eigenvalue weighted by Gasteiger charge is 2.44. The van der Waals surface area contributed by atoms with Gasteiger partial charge in [-0.2, -0.15) is 0 Å². The minimum absolute atomic E-state index is 0.109. The highest BCUT2D eigenvalue weighted by atomic mass is 16.2. The van der Waals surface area contributed by atoms with Crippen LogP contribution in [-0.4, -0.2) is 60.5 Å². The van der Waals surface area contributed by atoms with Gasteiger partial charge in [0, 0.05) is 31.7 Å². The van der Waals surface area contributed by atoms with Crippen LogP contribution in [0.25, 0.3) is 0 Å². The van der Waals surface area contributed by atoms with Gasteiger partial charge in [0.1, 0.15) is 6.04 Å². The van der Waals surface area contributed by atoms with E-state index in [0.29, 0.717) is 12.1 Å². The van der Waals surface area contributed by atoms with Gasteiger partial charge < -0.3 is 10.2 Å². The van der Waals surface area contributed by atoms with Crippen molar-refractivity contribution in [2.75, 3.05) is 26.7 Å². The number of hydrogen-bond donors (Lipinski definition) is 1. The molecule has 3 fully saturated rings. The van der Waals surface area contributed by atoms with Crippen molar-refractivity contribution in [2.24, 2.45) is 0 Å². The van der Waals surface area contributed by atoms with Crippen LogP contribution in [0.2, 0.25) is 0 Å². The second-order valence-corrected chi connectivity index (χ2v) is 5.48. The molecule has 2 saturated heterocycles. The van der Waals surface area contributed by atoms with Gasteiger partial charge in [-0.15, -0.1) is 0 Å². The van der Waals surface area contributed by atoms with Crippen molar-refractivity contribution < 1.29 is 4.79 Å². The molecule has 16 heavy (non-hydrogen) atoms. The number of nitrogens with one attached hydrogen (secondary N) is 1. The Labute approximate surface area is 97.0 Å². The second kappa shape index (κ2) is 4.00. The molecule has 2 aliphatic heterocycles. The van der Waals surface area contributed by atoms with Gasteiger partial charge in [0.2, 0.25) is 5.91 Å². The van der Waals surface area contributed by atoms with Gasteiger partial charge in [-0.3, -0.25) is 9.69 Å². The largest absolute Gasteiger partial charge is 0.350 e. The summed E-state index contributed by atoms with van der Waals surface area (Å²) in [5, 5.41) is 3.23. The van der Waals surface area contributed by atoms with Gasteiger partial charge in [-0.25, -0.2) is 0 Å². The van der Waals surface area contributed by atoms with Gasteiger partial charge in [0.05, 0.1) is 0 Å². The molecule has 0 aromatic rings. The predicted molar refractivity (Wildman–Crippen MR) is 62.2 cm³/mol. The molecule has 0 bridgehead atoms. The molecule has 2 heterocycles. The summed E-state index contributed by atoms with van der Waals surface area (Å²) >= 11 is 0. The van der Waals surface area contributed by atoms with E-state index in [1.54, 1.807) is 0 Å². The molecule has 3 unspecified atom stereocenters. The van der Waals surface area contributed by atoms with Crippen molar-refractivity contribution in [1.29, 1.82) is 0 Å². The van der Waals surface area contributed by atoms with Gasteiger partial charge in [-0.1, -0.05) is 12.8 Å². The van der Waals surface area contributed by atoms with Crippen LogP contribution in [-0.2, 0) is 4.79 Å². The molecule has 0 spiro atoms. The Kier molecular flexibility index (Phi) is 2.64. The first kappa shape index (κ1) is 10.5. The maximum atomic E-state index is 12.0. The Morgan fingerprint density at radius 2 is 2.06 bits per heavy atom. The molecule has 1 saturated carbocycles. The summed E-state index contributed by atoms with van der Waals surface area (Å²) in [6.07, 6.45) is 5.05. The number of carbonyl (C=O) groups is 1. The fourth-order valence-electron chi connectivity index (χ4n) is 3.52. The van der Waals surface area contributed by atoms with Crippen LogP contribution in [0.1, 0.15) is 25.7 Å². The number of rotatable bonds is 0.